The molecule has 7 heteroatoms. The first-order chi connectivity index (χ1) is 11.4. The van der Waals surface area contributed by atoms with Crippen LogP contribution in [0.4, 0.5) is 5.69 Å². The predicted molar refractivity (Wildman–Crippen MR) is 90.6 cm³/mol. The zero-order chi connectivity index (χ0) is 17.4. The van der Waals surface area contributed by atoms with Gasteiger partial charge in [0.1, 0.15) is 11.9 Å². The van der Waals surface area contributed by atoms with Gasteiger partial charge in [-0.3, -0.25) is 19.0 Å². The summed E-state index contributed by atoms with van der Waals surface area (Å²) in [6.45, 7) is 6.82. The lowest BCUT2D eigenvalue weighted by Gasteiger charge is -2.26. The molecule has 1 aliphatic heterocycles. The van der Waals surface area contributed by atoms with E-state index in [-0.39, 0.29) is 17.4 Å². The van der Waals surface area contributed by atoms with Gasteiger partial charge in [0.2, 0.25) is 11.8 Å². The van der Waals surface area contributed by atoms with Gasteiger partial charge in [0.15, 0.2) is 0 Å². The highest BCUT2D eigenvalue weighted by Crippen LogP contribution is 2.24. The molecule has 2 aromatic rings. The molecule has 2 heterocycles. The second-order valence-corrected chi connectivity index (χ2v) is 5.86. The Labute approximate surface area is 138 Å². The number of carbonyl (C=O) groups is 2. The lowest BCUT2D eigenvalue weighted by molar-refractivity contribution is -0.125. The summed E-state index contributed by atoms with van der Waals surface area (Å²) in [7, 11) is 0. The molecule has 0 aliphatic carbocycles. The molecule has 1 fully saturated rings. The monoisotopic (exact) mass is 326 g/mol. The number of hydrogen-bond donors (Lipinski definition) is 2. The highest BCUT2D eigenvalue weighted by atomic mass is 16.2. The highest BCUT2D eigenvalue weighted by Gasteiger charge is 2.28. The normalized spacial score (nSPS) is 17.7. The minimum atomic E-state index is -0.634. The van der Waals surface area contributed by atoms with Crippen LogP contribution < -0.4 is 16.2 Å². The second kappa shape index (κ2) is 5.92. The van der Waals surface area contributed by atoms with Gasteiger partial charge in [-0.1, -0.05) is 12.6 Å². The van der Waals surface area contributed by atoms with Crippen LogP contribution in [0.1, 0.15) is 31.6 Å². The zero-order valence-electron chi connectivity index (χ0n) is 13.5. The number of aryl methyl sites for hydroxylation is 1. The number of anilines is 1. The van der Waals surface area contributed by atoms with Crippen LogP contribution in [0, 0.1) is 6.92 Å². The van der Waals surface area contributed by atoms with Crippen LogP contribution in [0.3, 0.4) is 0 Å². The van der Waals surface area contributed by atoms with Crippen molar-refractivity contribution < 1.29 is 9.59 Å². The van der Waals surface area contributed by atoms with Crippen molar-refractivity contribution in [1.82, 2.24) is 14.9 Å². The van der Waals surface area contributed by atoms with Crippen molar-refractivity contribution >= 4 is 28.4 Å². The average Bonchev–Trinajstić information content (AvgIpc) is 2.48. The fourth-order valence-electron chi connectivity index (χ4n) is 3.02. The predicted octanol–water partition coefficient (Wildman–Crippen LogP) is 1.63. The van der Waals surface area contributed by atoms with Gasteiger partial charge in [0.05, 0.1) is 16.6 Å². The maximum atomic E-state index is 13.0. The van der Waals surface area contributed by atoms with Crippen molar-refractivity contribution in [2.75, 3.05) is 5.32 Å². The Morgan fingerprint density at radius 2 is 2.17 bits per heavy atom. The topological polar surface area (TPSA) is 93.1 Å². The molecule has 1 atom stereocenters. The summed E-state index contributed by atoms with van der Waals surface area (Å²) in [5.41, 5.74) is 1.19. The standard InChI is InChI=1S/C17H18N4O3/c1-9-7-8-14(16(23)18-9)21-10(2)19-12-5-4-6-13(20-11(3)22)15(12)17(21)24/h4-6,14H,1,7-8H2,2-3H3,(H,18,23)(H,20,22). The summed E-state index contributed by atoms with van der Waals surface area (Å²) in [6, 6.07) is 4.45. The first-order valence-corrected chi connectivity index (χ1v) is 7.66. The van der Waals surface area contributed by atoms with E-state index in [9.17, 15) is 14.4 Å². The van der Waals surface area contributed by atoms with E-state index in [4.69, 9.17) is 0 Å². The Hall–Kier alpha value is -2.96. The minimum absolute atomic E-state index is 0.269. The van der Waals surface area contributed by atoms with Gasteiger partial charge in [0, 0.05) is 12.6 Å². The number of carbonyl (C=O) groups excluding carboxylic acids is 2. The van der Waals surface area contributed by atoms with Gasteiger partial charge in [-0.15, -0.1) is 0 Å². The molecule has 124 valence electrons. The third kappa shape index (κ3) is 2.68. The number of nitrogens with zero attached hydrogens (tertiary/aromatic N) is 2. The molecule has 1 aliphatic rings. The lowest BCUT2D eigenvalue weighted by atomic mass is 10.0. The summed E-state index contributed by atoms with van der Waals surface area (Å²) in [5.74, 6) is -0.0875. The van der Waals surface area contributed by atoms with Crippen molar-refractivity contribution in [2.45, 2.75) is 32.7 Å². The number of nitrogens with one attached hydrogen (secondary N) is 2. The molecule has 24 heavy (non-hydrogen) atoms. The van der Waals surface area contributed by atoms with Crippen LogP contribution in [0.2, 0.25) is 0 Å². The maximum Gasteiger partial charge on any atom is 0.264 e. The van der Waals surface area contributed by atoms with Crippen molar-refractivity contribution in [2.24, 2.45) is 0 Å². The number of amides is 2. The first-order valence-electron chi connectivity index (χ1n) is 7.66. The molecule has 0 saturated carbocycles. The molecule has 1 saturated heterocycles. The van der Waals surface area contributed by atoms with Gasteiger partial charge in [-0.2, -0.15) is 0 Å². The molecule has 0 radical (unpaired) electrons. The van der Waals surface area contributed by atoms with Crippen LogP contribution in [-0.2, 0) is 9.59 Å². The second-order valence-electron chi connectivity index (χ2n) is 5.86. The Morgan fingerprint density at radius 3 is 2.83 bits per heavy atom. The Morgan fingerprint density at radius 1 is 1.42 bits per heavy atom. The highest BCUT2D eigenvalue weighted by molar-refractivity contribution is 5.99. The maximum absolute atomic E-state index is 13.0. The molecule has 7 nitrogen and oxygen atoms in total. The first kappa shape index (κ1) is 15.9. The van der Waals surface area contributed by atoms with Crippen LogP contribution in [0.5, 0.6) is 0 Å². The zero-order valence-corrected chi connectivity index (χ0v) is 13.5. The molecule has 0 spiro atoms. The third-order valence-corrected chi connectivity index (χ3v) is 4.05. The number of fused-ring (bicyclic) bond motifs is 1. The third-order valence-electron chi connectivity index (χ3n) is 4.05. The quantitative estimate of drug-likeness (QED) is 0.877. The lowest BCUT2D eigenvalue weighted by Crippen LogP contribution is -2.41. The van der Waals surface area contributed by atoms with E-state index in [2.05, 4.69) is 22.2 Å². The Kier molecular flexibility index (Phi) is 3.92. The van der Waals surface area contributed by atoms with E-state index < -0.39 is 6.04 Å². The van der Waals surface area contributed by atoms with E-state index in [1.165, 1.54) is 11.5 Å². The molecule has 2 amide bonds. The van der Waals surface area contributed by atoms with Crippen molar-refractivity contribution in [3.05, 3.63) is 46.7 Å². The van der Waals surface area contributed by atoms with E-state index in [1.54, 1.807) is 25.1 Å². The summed E-state index contributed by atoms with van der Waals surface area (Å²) in [6.07, 6.45) is 1.09. The van der Waals surface area contributed by atoms with Crippen LogP contribution in [0.15, 0.2) is 35.3 Å². The SMILES string of the molecule is C=C1CCC(n2c(C)nc3cccc(NC(C)=O)c3c2=O)C(=O)N1. The molecule has 1 unspecified atom stereocenters. The van der Waals surface area contributed by atoms with Gasteiger partial charge in [-0.05, 0) is 31.9 Å². The van der Waals surface area contributed by atoms with Crippen LogP contribution in [0.25, 0.3) is 10.9 Å². The van der Waals surface area contributed by atoms with Gasteiger partial charge in [0.25, 0.3) is 5.56 Å². The van der Waals surface area contributed by atoms with Crippen molar-refractivity contribution in [3.63, 3.8) is 0 Å². The molecule has 0 bridgehead atoms. The van der Waals surface area contributed by atoms with E-state index >= 15 is 0 Å². The number of piperidine rings is 1. The fraction of sp³-hybridized carbons (Fsp3) is 0.294. The molecule has 1 aromatic carbocycles. The fourth-order valence-corrected chi connectivity index (χ4v) is 3.02. The molecule has 1 aromatic heterocycles. The van der Waals surface area contributed by atoms with Crippen LogP contribution >= 0.6 is 0 Å². The Bertz CT molecular complexity index is 929. The van der Waals surface area contributed by atoms with E-state index in [1.807, 2.05) is 0 Å². The van der Waals surface area contributed by atoms with Crippen molar-refractivity contribution in [1.29, 1.82) is 0 Å². The molecular weight excluding hydrogens is 308 g/mol. The summed E-state index contributed by atoms with van der Waals surface area (Å²) in [4.78, 5) is 41.2. The van der Waals surface area contributed by atoms with Gasteiger partial charge in [-0.25, -0.2) is 4.98 Å². The largest absolute Gasteiger partial charge is 0.329 e. The van der Waals surface area contributed by atoms with E-state index in [0.29, 0.717) is 41.0 Å². The van der Waals surface area contributed by atoms with Gasteiger partial charge < -0.3 is 10.6 Å². The number of allylic oxidation sites excluding steroid dienone is 1. The summed E-state index contributed by atoms with van der Waals surface area (Å²) < 4.78 is 1.40. The average molecular weight is 326 g/mol. The summed E-state index contributed by atoms with van der Waals surface area (Å²) in [5, 5.41) is 5.64. The van der Waals surface area contributed by atoms with Crippen LogP contribution in [-0.4, -0.2) is 21.4 Å². The van der Waals surface area contributed by atoms with E-state index in [0.717, 1.165) is 0 Å². The Balaban J connectivity index is 2.22. The van der Waals surface area contributed by atoms with Crippen molar-refractivity contribution in [3.8, 4) is 0 Å². The molecule has 3 rings (SSSR count). The summed E-state index contributed by atoms with van der Waals surface area (Å²) >= 11 is 0. The number of aromatic nitrogens is 2. The molecule has 2 N–H and O–H groups in total. The number of hydrogen-bond acceptors (Lipinski definition) is 4. The number of rotatable bonds is 2. The number of benzene rings is 1. The van der Waals surface area contributed by atoms with Gasteiger partial charge >= 0.3 is 0 Å². The smallest absolute Gasteiger partial charge is 0.264 e. The molecular formula is C17H18N4O3. The minimum Gasteiger partial charge on any atom is -0.329 e.